The van der Waals surface area contributed by atoms with E-state index in [4.69, 9.17) is 10.5 Å². The number of fused-ring (bicyclic) bond motifs is 1. The van der Waals surface area contributed by atoms with Crippen molar-refractivity contribution in [2.45, 2.75) is 0 Å². The summed E-state index contributed by atoms with van der Waals surface area (Å²) in [5.41, 5.74) is 8.58. The summed E-state index contributed by atoms with van der Waals surface area (Å²) in [6.45, 7) is 0. The molecule has 5 heteroatoms. The van der Waals surface area contributed by atoms with Crippen LogP contribution in [-0.2, 0) is 0 Å². The van der Waals surface area contributed by atoms with Gasteiger partial charge < -0.3 is 15.5 Å². The molecule has 19 heavy (non-hydrogen) atoms. The van der Waals surface area contributed by atoms with Crippen molar-refractivity contribution in [2.24, 2.45) is 0 Å². The van der Waals surface area contributed by atoms with Gasteiger partial charge in [0.25, 0.3) is 0 Å². The Kier molecular flexibility index (Phi) is 2.59. The van der Waals surface area contributed by atoms with Crippen molar-refractivity contribution in [2.75, 3.05) is 12.8 Å². The fraction of sp³-hybridized carbons (Fsp3) is 0.0714. The Bertz CT molecular complexity index is 752. The molecule has 0 saturated heterocycles. The number of hydrogen-bond donors (Lipinski definition) is 2. The Labute approximate surface area is 109 Å². The van der Waals surface area contributed by atoms with Crippen LogP contribution in [0.15, 0.2) is 36.4 Å². The van der Waals surface area contributed by atoms with Crippen LogP contribution < -0.4 is 10.5 Å². The maximum absolute atomic E-state index is 13.2. The SMILES string of the molecule is COc1ccc(N)c(-c2nc3ccc(F)cc3[nH]2)c1. The Morgan fingerprint density at radius 3 is 2.84 bits per heavy atom. The molecular weight excluding hydrogens is 245 g/mol. The summed E-state index contributed by atoms with van der Waals surface area (Å²) in [5.74, 6) is 0.981. The fourth-order valence-electron chi connectivity index (χ4n) is 1.98. The van der Waals surface area contributed by atoms with Gasteiger partial charge in [-0.3, -0.25) is 0 Å². The molecule has 0 aliphatic carbocycles. The number of H-pyrrole nitrogens is 1. The highest BCUT2D eigenvalue weighted by Gasteiger charge is 2.10. The molecule has 3 rings (SSSR count). The molecule has 0 aliphatic heterocycles. The number of aromatic nitrogens is 2. The van der Waals surface area contributed by atoms with E-state index in [9.17, 15) is 4.39 Å². The number of methoxy groups -OCH3 is 1. The van der Waals surface area contributed by atoms with E-state index in [1.54, 1.807) is 31.4 Å². The van der Waals surface area contributed by atoms with Gasteiger partial charge in [-0.15, -0.1) is 0 Å². The maximum Gasteiger partial charge on any atom is 0.140 e. The standard InChI is InChI=1S/C14H12FN3O/c1-19-9-3-4-11(16)10(7-9)14-17-12-5-2-8(15)6-13(12)18-14/h2-7H,16H2,1H3,(H,17,18). The van der Waals surface area contributed by atoms with Crippen LogP contribution in [0.5, 0.6) is 5.75 Å². The highest BCUT2D eigenvalue weighted by atomic mass is 19.1. The molecule has 0 atom stereocenters. The van der Waals surface area contributed by atoms with Gasteiger partial charge in [0.05, 0.1) is 18.1 Å². The van der Waals surface area contributed by atoms with Gasteiger partial charge in [-0.05, 0) is 36.4 Å². The highest BCUT2D eigenvalue weighted by Crippen LogP contribution is 2.29. The number of aromatic amines is 1. The number of imidazole rings is 1. The van der Waals surface area contributed by atoms with Crippen molar-refractivity contribution in [3.63, 3.8) is 0 Å². The maximum atomic E-state index is 13.2. The quantitative estimate of drug-likeness (QED) is 0.694. The molecule has 0 radical (unpaired) electrons. The third-order valence-electron chi connectivity index (χ3n) is 2.96. The second-order valence-electron chi connectivity index (χ2n) is 4.20. The number of nitrogen functional groups attached to an aromatic ring is 1. The average molecular weight is 257 g/mol. The van der Waals surface area contributed by atoms with E-state index in [2.05, 4.69) is 9.97 Å². The van der Waals surface area contributed by atoms with Crippen molar-refractivity contribution in [3.05, 3.63) is 42.2 Å². The van der Waals surface area contributed by atoms with Crippen molar-refractivity contribution in [1.82, 2.24) is 9.97 Å². The van der Waals surface area contributed by atoms with Crippen LogP contribution >= 0.6 is 0 Å². The molecule has 96 valence electrons. The van der Waals surface area contributed by atoms with Gasteiger partial charge in [0.1, 0.15) is 17.4 Å². The van der Waals surface area contributed by atoms with Crippen LogP contribution in [0.2, 0.25) is 0 Å². The number of nitrogens with two attached hydrogens (primary N) is 1. The molecule has 2 aromatic carbocycles. The van der Waals surface area contributed by atoms with Crippen LogP contribution in [0.25, 0.3) is 22.4 Å². The molecule has 0 saturated carbocycles. The Hall–Kier alpha value is -2.56. The summed E-state index contributed by atoms with van der Waals surface area (Å²) in [6, 6.07) is 9.73. The summed E-state index contributed by atoms with van der Waals surface area (Å²) >= 11 is 0. The molecule has 4 nitrogen and oxygen atoms in total. The summed E-state index contributed by atoms with van der Waals surface area (Å²) in [5, 5.41) is 0. The van der Waals surface area contributed by atoms with Crippen LogP contribution in [0.4, 0.5) is 10.1 Å². The monoisotopic (exact) mass is 257 g/mol. The van der Waals surface area contributed by atoms with Crippen LogP contribution in [-0.4, -0.2) is 17.1 Å². The minimum absolute atomic E-state index is 0.304. The van der Waals surface area contributed by atoms with E-state index in [1.165, 1.54) is 12.1 Å². The molecule has 0 amide bonds. The zero-order valence-electron chi connectivity index (χ0n) is 10.3. The summed E-state index contributed by atoms with van der Waals surface area (Å²) in [4.78, 5) is 7.46. The number of ether oxygens (including phenoxy) is 1. The molecule has 1 heterocycles. The van der Waals surface area contributed by atoms with E-state index in [-0.39, 0.29) is 5.82 Å². The van der Waals surface area contributed by atoms with Gasteiger partial charge >= 0.3 is 0 Å². The van der Waals surface area contributed by atoms with E-state index < -0.39 is 0 Å². The fourth-order valence-corrected chi connectivity index (χ4v) is 1.98. The molecule has 0 spiro atoms. The first kappa shape index (κ1) is 11.5. The first-order valence-electron chi connectivity index (χ1n) is 5.76. The highest BCUT2D eigenvalue weighted by molar-refractivity contribution is 5.82. The van der Waals surface area contributed by atoms with Gasteiger partial charge in [0.2, 0.25) is 0 Å². The predicted molar refractivity (Wildman–Crippen MR) is 72.5 cm³/mol. The van der Waals surface area contributed by atoms with Gasteiger partial charge in [-0.25, -0.2) is 9.37 Å². The Balaban J connectivity index is 2.18. The normalized spacial score (nSPS) is 10.8. The van der Waals surface area contributed by atoms with Crippen molar-refractivity contribution >= 4 is 16.7 Å². The zero-order valence-corrected chi connectivity index (χ0v) is 10.3. The molecular formula is C14H12FN3O. The molecule has 0 unspecified atom stereocenters. The number of benzene rings is 2. The second kappa shape index (κ2) is 4.28. The Morgan fingerprint density at radius 1 is 1.21 bits per heavy atom. The van der Waals surface area contributed by atoms with E-state index in [0.717, 1.165) is 5.56 Å². The van der Waals surface area contributed by atoms with E-state index in [1.807, 2.05) is 0 Å². The lowest BCUT2D eigenvalue weighted by atomic mass is 10.1. The third-order valence-corrected chi connectivity index (χ3v) is 2.96. The van der Waals surface area contributed by atoms with Gasteiger partial charge in [0, 0.05) is 11.3 Å². The number of nitrogens with one attached hydrogen (secondary N) is 1. The molecule has 0 aliphatic rings. The number of nitrogens with zero attached hydrogens (tertiary/aromatic N) is 1. The molecule has 0 bridgehead atoms. The van der Waals surface area contributed by atoms with Crippen LogP contribution in [0, 0.1) is 5.82 Å². The summed E-state index contributed by atoms with van der Waals surface area (Å²) < 4.78 is 18.3. The zero-order chi connectivity index (χ0) is 13.4. The number of rotatable bonds is 2. The largest absolute Gasteiger partial charge is 0.497 e. The number of halogens is 1. The lowest BCUT2D eigenvalue weighted by Crippen LogP contribution is -1.92. The Morgan fingerprint density at radius 2 is 2.05 bits per heavy atom. The lowest BCUT2D eigenvalue weighted by molar-refractivity contribution is 0.415. The average Bonchev–Trinajstić information content (AvgIpc) is 2.82. The minimum atomic E-state index is -0.304. The van der Waals surface area contributed by atoms with E-state index >= 15 is 0 Å². The summed E-state index contributed by atoms with van der Waals surface area (Å²) in [7, 11) is 1.59. The molecule has 3 N–H and O–H groups in total. The smallest absolute Gasteiger partial charge is 0.140 e. The second-order valence-corrected chi connectivity index (χ2v) is 4.20. The van der Waals surface area contributed by atoms with Crippen LogP contribution in [0.3, 0.4) is 0 Å². The van der Waals surface area contributed by atoms with Crippen molar-refractivity contribution in [3.8, 4) is 17.1 Å². The predicted octanol–water partition coefficient (Wildman–Crippen LogP) is 2.96. The van der Waals surface area contributed by atoms with Crippen molar-refractivity contribution < 1.29 is 9.13 Å². The van der Waals surface area contributed by atoms with Gasteiger partial charge in [-0.1, -0.05) is 0 Å². The van der Waals surface area contributed by atoms with Gasteiger partial charge in [-0.2, -0.15) is 0 Å². The summed E-state index contributed by atoms with van der Waals surface area (Å²) in [6.07, 6.45) is 0. The number of anilines is 1. The van der Waals surface area contributed by atoms with Crippen molar-refractivity contribution in [1.29, 1.82) is 0 Å². The number of hydrogen-bond acceptors (Lipinski definition) is 3. The van der Waals surface area contributed by atoms with Gasteiger partial charge in [0.15, 0.2) is 0 Å². The molecule has 0 fully saturated rings. The first-order chi connectivity index (χ1) is 9.17. The third kappa shape index (κ3) is 1.99. The molecule has 3 aromatic rings. The van der Waals surface area contributed by atoms with E-state index in [0.29, 0.717) is 28.3 Å². The van der Waals surface area contributed by atoms with Crippen LogP contribution in [0.1, 0.15) is 0 Å². The minimum Gasteiger partial charge on any atom is -0.497 e. The topological polar surface area (TPSA) is 63.9 Å². The first-order valence-corrected chi connectivity index (χ1v) is 5.76. The molecule has 1 aromatic heterocycles. The lowest BCUT2D eigenvalue weighted by Gasteiger charge is -2.05.